The molecular formula is C26H27Cl2N5O4S. The van der Waals surface area contributed by atoms with E-state index in [0.717, 1.165) is 23.8 Å². The van der Waals surface area contributed by atoms with E-state index in [2.05, 4.69) is 20.5 Å². The van der Waals surface area contributed by atoms with Crippen molar-refractivity contribution in [2.75, 3.05) is 29.9 Å². The molecule has 2 aliphatic rings. The Morgan fingerprint density at radius 3 is 2.58 bits per heavy atom. The van der Waals surface area contributed by atoms with Crippen LogP contribution in [-0.4, -0.2) is 53.5 Å². The maximum absolute atomic E-state index is 12.7. The molecule has 0 spiro atoms. The average Bonchev–Trinajstić information content (AvgIpc) is 3.21. The number of halogens is 2. The van der Waals surface area contributed by atoms with Gasteiger partial charge in [-0.15, -0.1) is 0 Å². The zero-order valence-corrected chi connectivity index (χ0v) is 23.4. The molecule has 3 aromatic rings. The lowest BCUT2D eigenvalue weighted by Gasteiger charge is -2.19. The number of benzene rings is 1. The highest BCUT2D eigenvalue weighted by molar-refractivity contribution is 7.17. The Hall–Kier alpha value is -3.08. The molecule has 0 bridgehead atoms. The van der Waals surface area contributed by atoms with Crippen LogP contribution in [0.5, 0.6) is 0 Å². The van der Waals surface area contributed by atoms with Gasteiger partial charge in [0.05, 0.1) is 22.3 Å². The number of esters is 1. The molecule has 1 saturated heterocycles. The van der Waals surface area contributed by atoms with Crippen molar-refractivity contribution in [2.45, 2.75) is 33.2 Å². The number of nitrogens with one attached hydrogen (secondary N) is 3. The summed E-state index contributed by atoms with van der Waals surface area (Å²) in [7, 11) is 0. The van der Waals surface area contributed by atoms with Crippen LogP contribution in [0.15, 0.2) is 24.3 Å². The van der Waals surface area contributed by atoms with Gasteiger partial charge in [0.15, 0.2) is 5.13 Å². The first-order valence-electron chi connectivity index (χ1n) is 12.3. The molecule has 2 aromatic heterocycles. The third-order valence-electron chi connectivity index (χ3n) is 6.81. The number of ether oxygens (including phenoxy) is 1. The Balaban J connectivity index is 1.28. The van der Waals surface area contributed by atoms with Gasteiger partial charge in [0.2, 0.25) is 5.91 Å². The number of nitrogens with zero attached hydrogens (tertiary/aromatic N) is 2. The van der Waals surface area contributed by atoms with Gasteiger partial charge in [0.1, 0.15) is 10.6 Å². The number of aromatic amines is 1. The SMILES string of the molecule is CCOC(=O)c1sc(N2C[C@@H]3[C@H](C2)[C@@H]3NC(=O)c2[nH]c(C)c(Cl)c2Cl)nc1Cc1cccc(NC(C)=O)c1. The van der Waals surface area contributed by atoms with E-state index in [0.29, 0.717) is 33.4 Å². The molecular weight excluding hydrogens is 549 g/mol. The van der Waals surface area contributed by atoms with Gasteiger partial charge < -0.3 is 25.3 Å². The van der Waals surface area contributed by atoms with Crippen LogP contribution in [0.25, 0.3) is 0 Å². The lowest BCUT2D eigenvalue weighted by atomic mass is 10.1. The molecule has 0 radical (unpaired) electrons. The van der Waals surface area contributed by atoms with E-state index in [1.807, 2.05) is 24.3 Å². The normalized spacial score (nSPS) is 19.7. The maximum Gasteiger partial charge on any atom is 0.350 e. The number of H-pyrrole nitrogens is 1. The van der Waals surface area contributed by atoms with Crippen molar-refractivity contribution in [3.05, 3.63) is 61.8 Å². The van der Waals surface area contributed by atoms with Gasteiger partial charge in [-0.25, -0.2) is 9.78 Å². The van der Waals surface area contributed by atoms with Crippen molar-refractivity contribution < 1.29 is 19.1 Å². The van der Waals surface area contributed by atoms with Crippen LogP contribution in [0.2, 0.25) is 10.0 Å². The van der Waals surface area contributed by atoms with Crippen molar-refractivity contribution >= 4 is 63.1 Å². The zero-order chi connectivity index (χ0) is 27.1. The van der Waals surface area contributed by atoms with Gasteiger partial charge in [-0.05, 0) is 31.5 Å². The summed E-state index contributed by atoms with van der Waals surface area (Å²) in [6.07, 6.45) is 0.427. The minimum Gasteiger partial charge on any atom is -0.462 e. The molecule has 2 amide bonds. The smallest absolute Gasteiger partial charge is 0.350 e. The highest BCUT2D eigenvalue weighted by Crippen LogP contribution is 2.48. The second-order valence-corrected chi connectivity index (χ2v) is 11.3. The highest BCUT2D eigenvalue weighted by Gasteiger charge is 2.57. The molecule has 1 aliphatic heterocycles. The number of hydrogen-bond donors (Lipinski definition) is 3. The van der Waals surface area contributed by atoms with Gasteiger partial charge in [0.25, 0.3) is 5.91 Å². The number of carbonyl (C=O) groups excluding carboxylic acids is 3. The molecule has 3 heterocycles. The van der Waals surface area contributed by atoms with Crippen molar-refractivity contribution in [2.24, 2.45) is 11.8 Å². The first-order chi connectivity index (χ1) is 18.2. The molecule has 3 N–H and O–H groups in total. The molecule has 1 saturated carbocycles. The summed E-state index contributed by atoms with van der Waals surface area (Å²) < 4.78 is 5.30. The number of thiazole rings is 1. The topological polar surface area (TPSA) is 116 Å². The second kappa shape index (κ2) is 10.6. The molecule has 5 rings (SSSR count). The second-order valence-electron chi connectivity index (χ2n) is 9.54. The van der Waals surface area contributed by atoms with Gasteiger partial charge in [-0.3, -0.25) is 9.59 Å². The number of anilines is 2. The first-order valence-corrected chi connectivity index (χ1v) is 13.9. The van der Waals surface area contributed by atoms with Crippen LogP contribution in [0, 0.1) is 18.8 Å². The van der Waals surface area contributed by atoms with Crippen molar-refractivity contribution in [1.82, 2.24) is 15.3 Å². The van der Waals surface area contributed by atoms with E-state index in [4.69, 9.17) is 32.9 Å². The van der Waals surface area contributed by atoms with Crippen LogP contribution in [0.1, 0.15) is 51.0 Å². The molecule has 0 unspecified atom stereocenters. The summed E-state index contributed by atoms with van der Waals surface area (Å²) in [4.78, 5) is 47.3. The molecule has 12 heteroatoms. The molecule has 9 nitrogen and oxygen atoms in total. The van der Waals surface area contributed by atoms with Crippen LogP contribution < -0.4 is 15.5 Å². The fourth-order valence-corrected chi connectivity index (χ4v) is 6.37. The Bertz CT molecular complexity index is 1410. The zero-order valence-electron chi connectivity index (χ0n) is 21.1. The van der Waals surface area contributed by atoms with Gasteiger partial charge in [-0.1, -0.05) is 46.7 Å². The first kappa shape index (κ1) is 26.5. The summed E-state index contributed by atoms with van der Waals surface area (Å²) >= 11 is 13.6. The van der Waals surface area contributed by atoms with E-state index in [9.17, 15) is 14.4 Å². The van der Waals surface area contributed by atoms with E-state index < -0.39 is 5.97 Å². The van der Waals surface area contributed by atoms with Crippen LogP contribution >= 0.6 is 34.5 Å². The Labute approximate surface area is 233 Å². The third-order valence-corrected chi connectivity index (χ3v) is 8.89. The van der Waals surface area contributed by atoms with Crippen LogP contribution in [-0.2, 0) is 16.0 Å². The maximum atomic E-state index is 12.7. The number of aromatic nitrogens is 2. The van der Waals surface area contributed by atoms with Crippen molar-refractivity contribution in [3.8, 4) is 0 Å². The number of aryl methyl sites for hydroxylation is 1. The lowest BCUT2D eigenvalue weighted by Crippen LogP contribution is -2.34. The summed E-state index contributed by atoms with van der Waals surface area (Å²) in [5.74, 6) is -0.231. The molecule has 38 heavy (non-hydrogen) atoms. The minimum absolute atomic E-state index is 0.0534. The van der Waals surface area contributed by atoms with Crippen molar-refractivity contribution in [3.63, 3.8) is 0 Å². The molecule has 1 aliphatic carbocycles. The molecule has 1 aromatic carbocycles. The summed E-state index contributed by atoms with van der Waals surface area (Å²) in [6.45, 7) is 6.72. The predicted octanol–water partition coefficient (Wildman–Crippen LogP) is 4.68. The van der Waals surface area contributed by atoms with Gasteiger partial charge in [-0.2, -0.15) is 0 Å². The van der Waals surface area contributed by atoms with Crippen LogP contribution in [0.3, 0.4) is 0 Å². The highest BCUT2D eigenvalue weighted by atomic mass is 35.5. The third kappa shape index (κ3) is 5.25. The quantitative estimate of drug-likeness (QED) is 0.336. The fraction of sp³-hybridized carbons (Fsp3) is 0.385. The Morgan fingerprint density at radius 1 is 1.21 bits per heavy atom. The summed E-state index contributed by atoms with van der Waals surface area (Å²) in [5, 5.41) is 7.20. The average molecular weight is 577 g/mol. The number of hydrogen-bond acceptors (Lipinski definition) is 7. The largest absolute Gasteiger partial charge is 0.462 e. The minimum atomic E-state index is -0.393. The number of carbonyl (C=O) groups is 3. The number of fused-ring (bicyclic) bond motifs is 1. The molecule has 3 atom stereocenters. The molecule has 2 fully saturated rings. The molecule has 200 valence electrons. The van der Waals surface area contributed by atoms with Gasteiger partial charge in [0, 0.05) is 55.7 Å². The number of piperidine rings is 1. The van der Waals surface area contributed by atoms with Gasteiger partial charge >= 0.3 is 5.97 Å². The summed E-state index contributed by atoms with van der Waals surface area (Å²) in [5.41, 5.74) is 3.19. The van der Waals surface area contributed by atoms with Crippen molar-refractivity contribution in [1.29, 1.82) is 0 Å². The summed E-state index contributed by atoms with van der Waals surface area (Å²) in [6, 6.07) is 7.53. The predicted molar refractivity (Wildman–Crippen MR) is 148 cm³/mol. The lowest BCUT2D eigenvalue weighted by molar-refractivity contribution is -0.114. The Morgan fingerprint density at radius 2 is 1.95 bits per heavy atom. The van der Waals surface area contributed by atoms with E-state index in [-0.39, 0.29) is 47.0 Å². The Kier molecular flexibility index (Phi) is 7.39. The van der Waals surface area contributed by atoms with E-state index in [1.54, 1.807) is 13.8 Å². The van der Waals surface area contributed by atoms with E-state index in [1.165, 1.54) is 18.3 Å². The van der Waals surface area contributed by atoms with E-state index >= 15 is 0 Å². The monoisotopic (exact) mass is 575 g/mol. The number of amides is 2. The fourth-order valence-electron chi connectivity index (χ4n) is 4.95. The van der Waals surface area contributed by atoms with Crippen LogP contribution in [0.4, 0.5) is 10.8 Å². The standard InChI is InChI=1S/C26H27Cl2N5O4S/c1-4-37-25(36)23-18(9-14-6-5-7-15(8-14)30-13(3)34)31-26(38-23)33-10-16-17(11-33)21(16)32-24(35)22-20(28)19(27)12(2)29-22/h5-8,16-17,21,29H,4,9-11H2,1-3H3,(H,30,34)(H,32,35)/t16-,17+,21-. The number of rotatable bonds is 8.